The van der Waals surface area contributed by atoms with E-state index in [9.17, 15) is 18.3 Å². The second-order valence-electron chi connectivity index (χ2n) is 7.90. The molecule has 0 aromatic heterocycles. The van der Waals surface area contributed by atoms with Crippen molar-refractivity contribution in [1.29, 1.82) is 0 Å². The summed E-state index contributed by atoms with van der Waals surface area (Å²) in [6.45, 7) is 3.90. The van der Waals surface area contributed by atoms with Crippen molar-refractivity contribution in [3.05, 3.63) is 111 Å². The van der Waals surface area contributed by atoms with Crippen molar-refractivity contribution in [2.75, 3.05) is 0 Å². The molecule has 1 aliphatic rings. The molecule has 0 aliphatic carbocycles. The number of hydrogen-bond acceptors (Lipinski definition) is 4. The Morgan fingerprint density at radius 2 is 1.41 bits per heavy atom. The average Bonchev–Trinajstić information content (AvgIpc) is 3.01. The number of hydrogen-bond donors (Lipinski definition) is 1. The van der Waals surface area contributed by atoms with E-state index < -0.39 is 27.5 Å². The van der Waals surface area contributed by atoms with Gasteiger partial charge >= 0.3 is 0 Å². The normalized spacial score (nSPS) is 16.7. The van der Waals surface area contributed by atoms with Crippen LogP contribution in [-0.2, 0) is 21.2 Å². The Kier molecular flexibility index (Phi) is 5.84. The van der Waals surface area contributed by atoms with Gasteiger partial charge in [0.2, 0.25) is 9.84 Å². The number of aliphatic hydroxyl groups is 1. The van der Waals surface area contributed by atoms with Gasteiger partial charge in [-0.15, -0.1) is 0 Å². The van der Waals surface area contributed by atoms with E-state index in [4.69, 9.17) is 11.6 Å². The molecular formula is C25H22ClNO4S. The molecule has 0 bridgehead atoms. The molecular weight excluding hydrogens is 446 g/mol. The van der Waals surface area contributed by atoms with Gasteiger partial charge in [-0.05, 0) is 49.2 Å². The van der Waals surface area contributed by atoms with Crippen LogP contribution in [0.25, 0.3) is 0 Å². The summed E-state index contributed by atoms with van der Waals surface area (Å²) in [7, 11) is -4.13. The van der Waals surface area contributed by atoms with Crippen molar-refractivity contribution in [3.63, 3.8) is 0 Å². The van der Waals surface area contributed by atoms with Gasteiger partial charge in [-0.25, -0.2) is 8.42 Å². The van der Waals surface area contributed by atoms with Crippen molar-refractivity contribution in [2.24, 2.45) is 0 Å². The molecule has 3 aromatic rings. The van der Waals surface area contributed by atoms with Crippen LogP contribution in [0.4, 0.5) is 0 Å². The lowest BCUT2D eigenvalue weighted by Gasteiger charge is -2.27. The zero-order chi connectivity index (χ0) is 23.0. The Balaban J connectivity index is 1.84. The van der Waals surface area contributed by atoms with Gasteiger partial charge < -0.3 is 10.0 Å². The fourth-order valence-electron chi connectivity index (χ4n) is 3.78. The summed E-state index contributed by atoms with van der Waals surface area (Å²) in [5.41, 5.74) is 3.27. The van der Waals surface area contributed by atoms with E-state index in [0.717, 1.165) is 16.7 Å². The Hall–Kier alpha value is -3.09. The zero-order valence-electron chi connectivity index (χ0n) is 17.6. The molecule has 0 unspecified atom stereocenters. The van der Waals surface area contributed by atoms with Crippen molar-refractivity contribution in [3.8, 4) is 0 Å². The average molecular weight is 468 g/mol. The number of aliphatic hydroxyl groups excluding tert-OH is 1. The predicted molar refractivity (Wildman–Crippen MR) is 124 cm³/mol. The first kappa shape index (κ1) is 22.1. The molecule has 0 fully saturated rings. The summed E-state index contributed by atoms with van der Waals surface area (Å²) in [6.07, 6.45) is 0. The van der Waals surface area contributed by atoms with E-state index in [1.807, 2.05) is 26.0 Å². The number of carbonyl (C=O) groups is 1. The van der Waals surface area contributed by atoms with Gasteiger partial charge in [0.25, 0.3) is 5.91 Å². The molecule has 0 spiro atoms. The summed E-state index contributed by atoms with van der Waals surface area (Å²) in [6, 6.07) is 19.6. The Labute approximate surface area is 192 Å². The second kappa shape index (κ2) is 8.45. The molecule has 4 rings (SSSR count). The van der Waals surface area contributed by atoms with Crippen molar-refractivity contribution in [2.45, 2.75) is 31.3 Å². The largest absolute Gasteiger partial charge is 0.502 e. The number of halogens is 1. The van der Waals surface area contributed by atoms with Crippen LogP contribution in [0.1, 0.15) is 28.3 Å². The van der Waals surface area contributed by atoms with Crippen LogP contribution in [0.2, 0.25) is 5.02 Å². The molecule has 0 saturated carbocycles. The number of carbonyl (C=O) groups excluding carboxylic acids is 1. The first-order valence-electron chi connectivity index (χ1n) is 10.1. The van der Waals surface area contributed by atoms with Gasteiger partial charge in [-0.1, -0.05) is 71.3 Å². The number of sulfone groups is 1. The highest BCUT2D eigenvalue weighted by Crippen LogP contribution is 2.43. The summed E-state index contributed by atoms with van der Waals surface area (Å²) < 4.78 is 27.2. The molecule has 1 amide bonds. The van der Waals surface area contributed by atoms with Crippen LogP contribution in [0, 0.1) is 13.8 Å². The van der Waals surface area contributed by atoms with Gasteiger partial charge in [0.15, 0.2) is 5.76 Å². The minimum atomic E-state index is -4.13. The molecule has 1 atom stereocenters. The van der Waals surface area contributed by atoms with Crippen LogP contribution >= 0.6 is 11.6 Å². The van der Waals surface area contributed by atoms with Gasteiger partial charge in [0.05, 0.1) is 10.9 Å². The number of amides is 1. The van der Waals surface area contributed by atoms with E-state index in [-0.39, 0.29) is 16.3 Å². The third-order valence-corrected chi connectivity index (χ3v) is 7.68. The molecule has 1 heterocycles. The SMILES string of the molecule is Cc1ccc([C@H]2C(S(=O)(=O)c3ccc(C)cc3)=C(O)C(=O)N2Cc2ccc(Cl)cc2)cc1. The lowest BCUT2D eigenvalue weighted by Crippen LogP contribution is -2.30. The fraction of sp³-hybridized carbons (Fsp3) is 0.160. The van der Waals surface area contributed by atoms with Crippen molar-refractivity contribution < 1.29 is 18.3 Å². The minimum Gasteiger partial charge on any atom is -0.502 e. The molecule has 1 aliphatic heterocycles. The minimum absolute atomic E-state index is 0.0305. The smallest absolute Gasteiger partial charge is 0.290 e. The van der Waals surface area contributed by atoms with E-state index in [1.54, 1.807) is 48.5 Å². The molecule has 5 nitrogen and oxygen atoms in total. The lowest BCUT2D eigenvalue weighted by atomic mass is 10.0. The number of nitrogens with zero attached hydrogens (tertiary/aromatic N) is 1. The van der Waals surface area contributed by atoms with Gasteiger partial charge in [0.1, 0.15) is 4.91 Å². The highest BCUT2D eigenvalue weighted by Gasteiger charge is 2.46. The Morgan fingerprint density at radius 3 is 1.97 bits per heavy atom. The maximum Gasteiger partial charge on any atom is 0.290 e. The van der Waals surface area contributed by atoms with Crippen LogP contribution < -0.4 is 0 Å². The molecule has 3 aromatic carbocycles. The van der Waals surface area contributed by atoms with Gasteiger partial charge in [-0.3, -0.25) is 4.79 Å². The maximum atomic E-state index is 13.6. The molecule has 1 N–H and O–H groups in total. The van der Waals surface area contributed by atoms with E-state index >= 15 is 0 Å². The summed E-state index contributed by atoms with van der Waals surface area (Å²) in [5, 5.41) is 11.3. The highest BCUT2D eigenvalue weighted by molar-refractivity contribution is 7.95. The first-order chi connectivity index (χ1) is 15.2. The van der Waals surface area contributed by atoms with Crippen LogP contribution in [-0.4, -0.2) is 24.3 Å². The molecule has 164 valence electrons. The monoisotopic (exact) mass is 467 g/mol. The Morgan fingerprint density at radius 1 is 0.875 bits per heavy atom. The maximum absolute atomic E-state index is 13.6. The first-order valence-corrected chi connectivity index (χ1v) is 11.9. The Bertz CT molecular complexity index is 1300. The van der Waals surface area contributed by atoms with Crippen molar-refractivity contribution >= 4 is 27.3 Å². The zero-order valence-corrected chi connectivity index (χ0v) is 19.2. The van der Waals surface area contributed by atoms with E-state index in [1.165, 1.54) is 17.0 Å². The fourth-order valence-corrected chi connectivity index (χ4v) is 5.55. The molecule has 32 heavy (non-hydrogen) atoms. The van der Waals surface area contributed by atoms with E-state index in [2.05, 4.69) is 0 Å². The highest BCUT2D eigenvalue weighted by atomic mass is 35.5. The molecule has 0 radical (unpaired) electrons. The lowest BCUT2D eigenvalue weighted by molar-refractivity contribution is -0.130. The van der Waals surface area contributed by atoms with Crippen molar-refractivity contribution in [1.82, 2.24) is 4.90 Å². The molecule has 0 saturated heterocycles. The quantitative estimate of drug-likeness (QED) is 0.553. The summed E-state index contributed by atoms with van der Waals surface area (Å²) >= 11 is 5.97. The number of aryl methyl sites for hydroxylation is 2. The van der Waals surface area contributed by atoms with Gasteiger partial charge in [-0.2, -0.15) is 0 Å². The van der Waals surface area contributed by atoms with Crippen LogP contribution in [0.5, 0.6) is 0 Å². The van der Waals surface area contributed by atoms with E-state index in [0.29, 0.717) is 10.6 Å². The number of benzene rings is 3. The topological polar surface area (TPSA) is 74.7 Å². The van der Waals surface area contributed by atoms with Gasteiger partial charge in [0, 0.05) is 11.6 Å². The van der Waals surface area contributed by atoms with Crippen LogP contribution in [0.15, 0.2) is 88.4 Å². The van der Waals surface area contributed by atoms with Crippen LogP contribution in [0.3, 0.4) is 0 Å². The third kappa shape index (κ3) is 4.04. The second-order valence-corrected chi connectivity index (χ2v) is 10.3. The summed E-state index contributed by atoms with van der Waals surface area (Å²) in [5.74, 6) is -1.47. The molecule has 7 heteroatoms. The number of rotatable bonds is 5. The summed E-state index contributed by atoms with van der Waals surface area (Å²) in [4.78, 5) is 14.2. The third-order valence-electron chi connectivity index (χ3n) is 5.54. The standard InChI is InChI=1S/C25H22ClNO4S/c1-16-3-9-19(10-4-16)22-24(32(30,31)21-13-5-17(2)6-14-21)23(28)25(29)27(22)15-18-7-11-20(26)12-8-18/h3-14,22,28H,15H2,1-2H3/t22-/m0/s1. The predicted octanol–water partition coefficient (Wildman–Crippen LogP) is 5.28.